The van der Waals surface area contributed by atoms with Crippen molar-refractivity contribution in [2.24, 2.45) is 0 Å². The van der Waals surface area contributed by atoms with Crippen molar-refractivity contribution in [1.29, 1.82) is 0 Å². The molecule has 8 nitrogen and oxygen atoms in total. The van der Waals surface area contributed by atoms with Crippen molar-refractivity contribution >= 4 is 17.6 Å². The molecule has 32 heavy (non-hydrogen) atoms. The Hall–Kier alpha value is -3.94. The number of nitro groups is 1. The molecule has 0 bridgehead atoms. The fraction of sp³-hybridized carbons (Fsp3) is 0.250. The Morgan fingerprint density at radius 2 is 1.72 bits per heavy atom. The first-order valence-electron chi connectivity index (χ1n) is 10.1. The van der Waals surface area contributed by atoms with Gasteiger partial charge in [-0.15, -0.1) is 0 Å². The predicted octanol–water partition coefficient (Wildman–Crippen LogP) is 4.39. The molecule has 0 fully saturated rings. The number of nitro benzene ring substituents is 1. The number of carbonyl (C=O) groups is 2. The Balaban J connectivity index is 2.23. The minimum atomic E-state index is -1.20. The maximum atomic E-state index is 13.0. The van der Waals surface area contributed by atoms with Gasteiger partial charge in [-0.25, -0.2) is 9.59 Å². The van der Waals surface area contributed by atoms with Crippen LogP contribution in [-0.2, 0) is 20.9 Å². The monoisotopic (exact) mass is 436 g/mol. The van der Waals surface area contributed by atoms with Crippen LogP contribution in [-0.4, -0.2) is 33.5 Å². The number of rotatable bonds is 7. The zero-order valence-corrected chi connectivity index (χ0v) is 18.1. The van der Waals surface area contributed by atoms with E-state index in [4.69, 9.17) is 4.74 Å². The molecule has 1 unspecified atom stereocenters. The molecule has 0 spiro atoms. The minimum Gasteiger partial charge on any atom is -0.478 e. The van der Waals surface area contributed by atoms with Crippen molar-refractivity contribution in [2.45, 2.75) is 33.2 Å². The number of allylic oxidation sites excluding steroid dienone is 2. The first kappa shape index (κ1) is 22.7. The molecule has 0 amide bonds. The molecule has 3 rings (SSSR count). The van der Waals surface area contributed by atoms with Gasteiger partial charge in [-0.2, -0.15) is 0 Å². The summed E-state index contributed by atoms with van der Waals surface area (Å²) in [6.07, 6.45) is 0. The summed E-state index contributed by atoms with van der Waals surface area (Å²) in [6.45, 7) is 5.56. The molecular weight excluding hydrogens is 412 g/mol. The van der Waals surface area contributed by atoms with E-state index >= 15 is 0 Å². The number of carboxylic acids is 1. The largest absolute Gasteiger partial charge is 0.478 e. The number of hydrogen-bond acceptors (Lipinski definition) is 6. The molecule has 166 valence electrons. The zero-order chi connectivity index (χ0) is 23.4. The van der Waals surface area contributed by atoms with Gasteiger partial charge in [0, 0.05) is 30.1 Å². The Kier molecular flexibility index (Phi) is 6.73. The van der Waals surface area contributed by atoms with E-state index < -0.39 is 22.8 Å². The number of esters is 1. The van der Waals surface area contributed by atoms with Gasteiger partial charge in [0.1, 0.15) is 0 Å². The van der Waals surface area contributed by atoms with Crippen LogP contribution in [0.2, 0.25) is 0 Å². The SMILES string of the molecule is CCOC(=O)C1=C(C)N(Cc2ccccc2)C(C)=C(C(=O)O)C1c1cccc([N+](=O)[O-])c1. The first-order chi connectivity index (χ1) is 15.3. The molecule has 1 heterocycles. The molecule has 8 heteroatoms. The number of carbonyl (C=O) groups excluding carboxylic acids is 1. The second kappa shape index (κ2) is 9.47. The fourth-order valence-corrected chi connectivity index (χ4v) is 4.01. The summed E-state index contributed by atoms with van der Waals surface area (Å²) in [6, 6.07) is 15.2. The number of carboxylic acid groups (broad SMARTS) is 1. The summed E-state index contributed by atoms with van der Waals surface area (Å²) in [5.41, 5.74) is 2.25. The maximum Gasteiger partial charge on any atom is 0.336 e. The van der Waals surface area contributed by atoms with E-state index in [0.717, 1.165) is 5.56 Å². The van der Waals surface area contributed by atoms with Crippen LogP contribution in [0.15, 0.2) is 77.1 Å². The van der Waals surface area contributed by atoms with Gasteiger partial charge in [0.15, 0.2) is 0 Å². The Bertz CT molecular complexity index is 1120. The fourth-order valence-electron chi connectivity index (χ4n) is 4.01. The topological polar surface area (TPSA) is 110 Å². The predicted molar refractivity (Wildman–Crippen MR) is 117 cm³/mol. The maximum absolute atomic E-state index is 13.0. The summed E-state index contributed by atoms with van der Waals surface area (Å²) in [7, 11) is 0. The van der Waals surface area contributed by atoms with Gasteiger partial charge < -0.3 is 14.7 Å². The summed E-state index contributed by atoms with van der Waals surface area (Å²) >= 11 is 0. The summed E-state index contributed by atoms with van der Waals surface area (Å²) < 4.78 is 5.27. The van der Waals surface area contributed by atoms with Gasteiger partial charge in [0.2, 0.25) is 0 Å². The molecule has 1 N–H and O–H groups in total. The number of benzene rings is 2. The van der Waals surface area contributed by atoms with Crippen LogP contribution in [0.3, 0.4) is 0 Å². The minimum absolute atomic E-state index is 0.0184. The van der Waals surface area contributed by atoms with Crippen LogP contribution in [0.25, 0.3) is 0 Å². The molecule has 0 saturated heterocycles. The molecular formula is C24H24N2O6. The number of ether oxygens (including phenoxy) is 1. The molecule has 0 aliphatic carbocycles. The van der Waals surface area contributed by atoms with E-state index in [1.165, 1.54) is 18.2 Å². The van der Waals surface area contributed by atoms with Crippen molar-refractivity contribution in [3.05, 3.63) is 98.4 Å². The Labute approximate surface area is 185 Å². The van der Waals surface area contributed by atoms with Crippen molar-refractivity contribution in [3.63, 3.8) is 0 Å². The first-order valence-corrected chi connectivity index (χ1v) is 10.1. The molecule has 1 aliphatic rings. The summed E-state index contributed by atoms with van der Waals surface area (Å²) in [5, 5.41) is 21.4. The van der Waals surface area contributed by atoms with Crippen molar-refractivity contribution < 1.29 is 24.4 Å². The van der Waals surface area contributed by atoms with Crippen molar-refractivity contribution in [3.8, 4) is 0 Å². The van der Waals surface area contributed by atoms with Gasteiger partial charge in [-0.05, 0) is 31.9 Å². The van der Waals surface area contributed by atoms with E-state index in [-0.39, 0.29) is 23.4 Å². The highest BCUT2D eigenvalue weighted by Crippen LogP contribution is 2.43. The number of aliphatic carboxylic acids is 1. The van der Waals surface area contributed by atoms with Gasteiger partial charge in [0.05, 0.1) is 28.6 Å². The normalized spacial score (nSPS) is 16.2. The number of non-ortho nitro benzene ring substituents is 1. The van der Waals surface area contributed by atoms with E-state index in [1.807, 2.05) is 30.3 Å². The van der Waals surface area contributed by atoms with E-state index in [9.17, 15) is 24.8 Å². The van der Waals surface area contributed by atoms with Crippen molar-refractivity contribution in [2.75, 3.05) is 6.61 Å². The quantitative estimate of drug-likeness (QED) is 0.389. The lowest BCUT2D eigenvalue weighted by atomic mass is 9.79. The van der Waals surface area contributed by atoms with Gasteiger partial charge >= 0.3 is 11.9 Å². The van der Waals surface area contributed by atoms with Gasteiger partial charge in [-0.3, -0.25) is 10.1 Å². The second-order valence-electron chi connectivity index (χ2n) is 7.38. The van der Waals surface area contributed by atoms with Crippen LogP contribution in [0.5, 0.6) is 0 Å². The average Bonchev–Trinajstić information content (AvgIpc) is 2.76. The third-order valence-corrected chi connectivity index (χ3v) is 5.49. The lowest BCUT2D eigenvalue weighted by molar-refractivity contribution is -0.384. The lowest BCUT2D eigenvalue weighted by Gasteiger charge is -2.37. The highest BCUT2D eigenvalue weighted by molar-refractivity contribution is 5.99. The van der Waals surface area contributed by atoms with Crippen LogP contribution < -0.4 is 0 Å². The number of hydrogen-bond donors (Lipinski definition) is 1. The summed E-state index contributed by atoms with van der Waals surface area (Å²) in [4.78, 5) is 38.0. The van der Waals surface area contributed by atoms with Crippen LogP contribution >= 0.6 is 0 Å². The van der Waals surface area contributed by atoms with Gasteiger partial charge in [0.25, 0.3) is 5.69 Å². The summed E-state index contributed by atoms with van der Waals surface area (Å²) in [5.74, 6) is -2.85. The van der Waals surface area contributed by atoms with Gasteiger partial charge in [-0.1, -0.05) is 42.5 Å². The molecule has 0 saturated carbocycles. The molecule has 2 aromatic carbocycles. The van der Waals surface area contributed by atoms with E-state index in [0.29, 0.717) is 23.5 Å². The third kappa shape index (κ3) is 4.39. The van der Waals surface area contributed by atoms with E-state index in [1.54, 1.807) is 31.7 Å². The second-order valence-corrected chi connectivity index (χ2v) is 7.38. The Morgan fingerprint density at radius 3 is 2.31 bits per heavy atom. The lowest BCUT2D eigenvalue weighted by Crippen LogP contribution is -2.34. The third-order valence-electron chi connectivity index (χ3n) is 5.49. The average molecular weight is 436 g/mol. The number of nitrogens with zero attached hydrogens (tertiary/aromatic N) is 2. The molecule has 1 atom stereocenters. The standard InChI is InChI=1S/C24H24N2O6/c1-4-32-24(29)21-16(3)25(14-17-9-6-5-7-10-17)15(2)20(23(27)28)22(21)18-11-8-12-19(13-18)26(30)31/h5-13,22H,4,14H2,1-3H3,(H,27,28). The Morgan fingerprint density at radius 1 is 1.06 bits per heavy atom. The van der Waals surface area contributed by atoms with Crippen LogP contribution in [0.1, 0.15) is 37.8 Å². The molecule has 2 aromatic rings. The van der Waals surface area contributed by atoms with Crippen LogP contribution in [0, 0.1) is 10.1 Å². The van der Waals surface area contributed by atoms with Crippen LogP contribution in [0.4, 0.5) is 5.69 Å². The molecule has 0 aromatic heterocycles. The molecule has 0 radical (unpaired) electrons. The zero-order valence-electron chi connectivity index (χ0n) is 18.1. The highest BCUT2D eigenvalue weighted by atomic mass is 16.6. The van der Waals surface area contributed by atoms with Crippen molar-refractivity contribution in [1.82, 2.24) is 4.90 Å². The smallest absolute Gasteiger partial charge is 0.336 e. The highest BCUT2D eigenvalue weighted by Gasteiger charge is 2.40. The van der Waals surface area contributed by atoms with E-state index in [2.05, 4.69) is 0 Å². The molecule has 1 aliphatic heterocycles.